The molecule has 0 aliphatic carbocycles. The Morgan fingerprint density at radius 3 is 2.84 bits per heavy atom. The first-order valence-corrected chi connectivity index (χ1v) is 5.95. The topological polar surface area (TPSA) is 84.9 Å². The van der Waals surface area contributed by atoms with Crippen LogP contribution < -0.4 is 10.1 Å². The fraction of sp³-hybridized carbons (Fsp3) is 0.385. The lowest BCUT2D eigenvalue weighted by Gasteiger charge is -2.13. The standard InChI is InChI=1S/C13H15NO5/c1-18-10-5-4-8(13(16)17)7-9(10)14-12(15)11-3-2-6-19-11/h4-5,7,11H,2-3,6H2,1H3,(H,14,15)(H,16,17). The van der Waals surface area contributed by atoms with E-state index < -0.39 is 12.1 Å². The number of amides is 1. The molecule has 1 aromatic carbocycles. The number of anilines is 1. The number of nitrogens with one attached hydrogen (secondary N) is 1. The van der Waals surface area contributed by atoms with Crippen molar-refractivity contribution in [3.05, 3.63) is 23.8 Å². The van der Waals surface area contributed by atoms with E-state index in [4.69, 9.17) is 14.6 Å². The lowest BCUT2D eigenvalue weighted by Crippen LogP contribution is -2.27. The molecule has 0 saturated carbocycles. The molecule has 19 heavy (non-hydrogen) atoms. The molecular weight excluding hydrogens is 250 g/mol. The molecule has 1 aliphatic rings. The van der Waals surface area contributed by atoms with Crippen LogP contribution in [0.2, 0.25) is 0 Å². The minimum atomic E-state index is -1.06. The highest BCUT2D eigenvalue weighted by atomic mass is 16.5. The molecule has 0 aromatic heterocycles. The van der Waals surface area contributed by atoms with Crippen LogP contribution in [-0.2, 0) is 9.53 Å². The molecule has 6 nitrogen and oxygen atoms in total. The van der Waals surface area contributed by atoms with Crippen molar-refractivity contribution >= 4 is 17.6 Å². The van der Waals surface area contributed by atoms with Crippen LogP contribution in [0.25, 0.3) is 0 Å². The molecule has 1 aromatic rings. The number of hydrogen-bond donors (Lipinski definition) is 2. The van der Waals surface area contributed by atoms with Crippen molar-refractivity contribution in [3.63, 3.8) is 0 Å². The van der Waals surface area contributed by atoms with E-state index in [0.717, 1.165) is 6.42 Å². The van der Waals surface area contributed by atoms with Gasteiger partial charge in [0.15, 0.2) is 0 Å². The van der Waals surface area contributed by atoms with Gasteiger partial charge in [-0.1, -0.05) is 0 Å². The summed E-state index contributed by atoms with van der Waals surface area (Å²) in [5.41, 5.74) is 0.423. The molecular formula is C13H15NO5. The number of hydrogen-bond acceptors (Lipinski definition) is 4. The smallest absolute Gasteiger partial charge is 0.335 e. The molecule has 1 amide bonds. The van der Waals surface area contributed by atoms with Crippen LogP contribution in [0.5, 0.6) is 5.75 Å². The fourth-order valence-electron chi connectivity index (χ4n) is 1.94. The zero-order chi connectivity index (χ0) is 13.8. The van der Waals surface area contributed by atoms with Crippen LogP contribution in [0.4, 0.5) is 5.69 Å². The minimum Gasteiger partial charge on any atom is -0.495 e. The predicted molar refractivity (Wildman–Crippen MR) is 67.6 cm³/mol. The number of benzene rings is 1. The Kier molecular flexibility index (Phi) is 4.01. The number of carboxylic acid groups (broad SMARTS) is 1. The van der Waals surface area contributed by atoms with Crippen molar-refractivity contribution in [2.75, 3.05) is 19.0 Å². The van der Waals surface area contributed by atoms with Gasteiger partial charge in [0, 0.05) is 6.61 Å². The summed E-state index contributed by atoms with van der Waals surface area (Å²) >= 11 is 0. The maximum absolute atomic E-state index is 11.9. The van der Waals surface area contributed by atoms with Gasteiger partial charge < -0.3 is 19.9 Å². The van der Waals surface area contributed by atoms with Crippen molar-refractivity contribution in [1.82, 2.24) is 0 Å². The Bertz CT molecular complexity index is 494. The van der Waals surface area contributed by atoms with E-state index in [2.05, 4.69) is 5.32 Å². The number of rotatable bonds is 4. The van der Waals surface area contributed by atoms with E-state index in [1.54, 1.807) is 0 Å². The predicted octanol–water partition coefficient (Wildman–Crippen LogP) is 1.51. The van der Waals surface area contributed by atoms with E-state index >= 15 is 0 Å². The Hall–Kier alpha value is -2.08. The third-order valence-corrected chi connectivity index (χ3v) is 2.93. The molecule has 1 atom stereocenters. The highest BCUT2D eigenvalue weighted by Gasteiger charge is 2.24. The monoisotopic (exact) mass is 265 g/mol. The zero-order valence-electron chi connectivity index (χ0n) is 10.5. The largest absolute Gasteiger partial charge is 0.495 e. The summed E-state index contributed by atoms with van der Waals surface area (Å²) in [6.07, 6.45) is 1.05. The van der Waals surface area contributed by atoms with Gasteiger partial charge in [-0.3, -0.25) is 4.79 Å². The second-order valence-electron chi connectivity index (χ2n) is 4.21. The van der Waals surface area contributed by atoms with Gasteiger partial charge in [0.25, 0.3) is 5.91 Å². The van der Waals surface area contributed by atoms with Crippen LogP contribution in [0, 0.1) is 0 Å². The molecule has 6 heteroatoms. The van der Waals surface area contributed by atoms with Crippen LogP contribution >= 0.6 is 0 Å². The van der Waals surface area contributed by atoms with Gasteiger partial charge in [-0.05, 0) is 31.0 Å². The summed E-state index contributed by atoms with van der Waals surface area (Å²) in [5, 5.41) is 11.6. The molecule has 1 fully saturated rings. The number of carbonyl (C=O) groups is 2. The zero-order valence-corrected chi connectivity index (χ0v) is 10.5. The van der Waals surface area contributed by atoms with E-state index in [-0.39, 0.29) is 11.5 Å². The van der Waals surface area contributed by atoms with Gasteiger partial charge in [-0.2, -0.15) is 0 Å². The van der Waals surface area contributed by atoms with Crippen LogP contribution in [-0.4, -0.2) is 36.8 Å². The van der Waals surface area contributed by atoms with Gasteiger partial charge in [0.1, 0.15) is 11.9 Å². The van der Waals surface area contributed by atoms with Crippen LogP contribution in [0.15, 0.2) is 18.2 Å². The van der Waals surface area contributed by atoms with Crippen molar-refractivity contribution in [2.24, 2.45) is 0 Å². The average molecular weight is 265 g/mol. The van der Waals surface area contributed by atoms with E-state index in [9.17, 15) is 9.59 Å². The summed E-state index contributed by atoms with van der Waals surface area (Å²) in [4.78, 5) is 22.8. The van der Waals surface area contributed by atoms with E-state index in [0.29, 0.717) is 24.5 Å². The molecule has 0 bridgehead atoms. The number of ether oxygens (including phenoxy) is 2. The molecule has 102 valence electrons. The summed E-state index contributed by atoms with van der Waals surface area (Å²) < 4.78 is 10.4. The van der Waals surface area contributed by atoms with Crippen molar-refractivity contribution in [2.45, 2.75) is 18.9 Å². The number of methoxy groups -OCH3 is 1. The lowest BCUT2D eigenvalue weighted by atomic mass is 10.1. The Morgan fingerprint density at radius 1 is 1.47 bits per heavy atom. The first-order valence-electron chi connectivity index (χ1n) is 5.95. The Morgan fingerprint density at radius 2 is 2.26 bits per heavy atom. The average Bonchev–Trinajstić information content (AvgIpc) is 2.92. The van der Waals surface area contributed by atoms with E-state index in [1.807, 2.05) is 0 Å². The minimum absolute atomic E-state index is 0.0865. The Labute approximate surface area is 110 Å². The maximum atomic E-state index is 11.9. The normalized spacial score (nSPS) is 18.1. The number of carbonyl (C=O) groups excluding carboxylic acids is 1. The molecule has 1 saturated heterocycles. The van der Waals surface area contributed by atoms with Gasteiger partial charge in [0.2, 0.25) is 0 Å². The van der Waals surface area contributed by atoms with Crippen molar-refractivity contribution < 1.29 is 24.2 Å². The molecule has 1 unspecified atom stereocenters. The first kappa shape index (κ1) is 13.4. The van der Waals surface area contributed by atoms with E-state index in [1.165, 1.54) is 25.3 Å². The molecule has 2 rings (SSSR count). The lowest BCUT2D eigenvalue weighted by molar-refractivity contribution is -0.124. The third-order valence-electron chi connectivity index (χ3n) is 2.93. The number of carboxylic acids is 1. The van der Waals surface area contributed by atoms with Crippen molar-refractivity contribution in [3.8, 4) is 5.75 Å². The second kappa shape index (κ2) is 5.71. The van der Waals surface area contributed by atoms with Gasteiger partial charge in [-0.15, -0.1) is 0 Å². The maximum Gasteiger partial charge on any atom is 0.335 e. The van der Waals surface area contributed by atoms with Gasteiger partial charge in [-0.25, -0.2) is 4.79 Å². The Balaban J connectivity index is 2.19. The molecule has 2 N–H and O–H groups in total. The van der Waals surface area contributed by atoms with Crippen LogP contribution in [0.3, 0.4) is 0 Å². The number of aromatic carboxylic acids is 1. The fourth-order valence-corrected chi connectivity index (χ4v) is 1.94. The summed E-state index contributed by atoms with van der Waals surface area (Å²) in [6.45, 7) is 0.574. The van der Waals surface area contributed by atoms with Crippen molar-refractivity contribution in [1.29, 1.82) is 0 Å². The summed E-state index contributed by atoms with van der Waals surface area (Å²) in [7, 11) is 1.46. The highest BCUT2D eigenvalue weighted by Crippen LogP contribution is 2.26. The first-order chi connectivity index (χ1) is 9.11. The summed E-state index contributed by atoms with van der Waals surface area (Å²) in [6, 6.07) is 4.30. The second-order valence-corrected chi connectivity index (χ2v) is 4.21. The molecule has 0 spiro atoms. The molecule has 0 radical (unpaired) electrons. The molecule has 1 heterocycles. The summed E-state index contributed by atoms with van der Waals surface area (Å²) in [5.74, 6) is -0.926. The third kappa shape index (κ3) is 3.03. The van der Waals surface area contributed by atoms with Crippen LogP contribution in [0.1, 0.15) is 23.2 Å². The quantitative estimate of drug-likeness (QED) is 0.862. The van der Waals surface area contributed by atoms with Gasteiger partial charge in [0.05, 0.1) is 18.4 Å². The van der Waals surface area contributed by atoms with Gasteiger partial charge >= 0.3 is 5.97 Å². The molecule has 1 aliphatic heterocycles. The SMILES string of the molecule is COc1ccc(C(=O)O)cc1NC(=O)C1CCCO1. The highest BCUT2D eigenvalue weighted by molar-refractivity contribution is 5.97.